The summed E-state index contributed by atoms with van der Waals surface area (Å²) in [7, 11) is 0. The van der Waals surface area contributed by atoms with Gasteiger partial charge in [0.15, 0.2) is 5.65 Å². The van der Waals surface area contributed by atoms with E-state index in [1.54, 1.807) is 0 Å². The van der Waals surface area contributed by atoms with Gasteiger partial charge in [0, 0.05) is 39.1 Å². The van der Waals surface area contributed by atoms with Crippen molar-refractivity contribution in [3.63, 3.8) is 0 Å². The molecule has 198 valence electrons. The van der Waals surface area contributed by atoms with Crippen molar-refractivity contribution >= 4 is 22.9 Å². The van der Waals surface area contributed by atoms with Crippen molar-refractivity contribution < 1.29 is 4.79 Å². The summed E-state index contributed by atoms with van der Waals surface area (Å²) in [6, 6.07) is 18.7. The van der Waals surface area contributed by atoms with Gasteiger partial charge in [-0.2, -0.15) is 5.10 Å². The molecule has 1 aliphatic rings. The molecule has 2 amide bonds. The molecule has 1 aliphatic heterocycles. The average molecular weight is 512 g/mol. The van der Waals surface area contributed by atoms with Crippen molar-refractivity contribution in [3.8, 4) is 5.69 Å². The van der Waals surface area contributed by atoms with E-state index in [1.807, 2.05) is 46.8 Å². The lowest BCUT2D eigenvalue weighted by Crippen LogP contribution is -2.42. The fourth-order valence-corrected chi connectivity index (χ4v) is 4.97. The molecule has 3 heterocycles. The maximum atomic E-state index is 12.7. The van der Waals surface area contributed by atoms with E-state index in [0.717, 1.165) is 73.0 Å². The highest BCUT2D eigenvalue weighted by molar-refractivity contribution is 5.91. The molecule has 8 heteroatoms. The number of rotatable bonds is 7. The van der Waals surface area contributed by atoms with Crippen LogP contribution in [0.2, 0.25) is 0 Å². The van der Waals surface area contributed by atoms with Crippen LogP contribution in [0.25, 0.3) is 16.7 Å². The Balaban J connectivity index is 1.50. The number of carbonyl (C=O) groups excluding carboxylic acids is 1. The molecule has 1 N–H and O–H groups in total. The lowest BCUT2D eigenvalue weighted by Gasteiger charge is -2.24. The number of para-hydroxylation sites is 1. The zero-order chi connectivity index (χ0) is 26.5. The summed E-state index contributed by atoms with van der Waals surface area (Å²) in [5, 5.41) is 8.94. The number of carbonyl (C=O) groups is 1. The van der Waals surface area contributed by atoms with Gasteiger partial charge in [-0.3, -0.25) is 0 Å². The van der Waals surface area contributed by atoms with E-state index in [4.69, 9.17) is 15.1 Å². The second-order valence-corrected chi connectivity index (χ2v) is 10.1. The zero-order valence-corrected chi connectivity index (χ0v) is 22.7. The van der Waals surface area contributed by atoms with Crippen LogP contribution in [0, 0.1) is 13.8 Å². The summed E-state index contributed by atoms with van der Waals surface area (Å²) in [5.74, 6) is 1.68. The lowest BCUT2D eigenvalue weighted by molar-refractivity contribution is 0.201. The van der Waals surface area contributed by atoms with Crippen LogP contribution in [-0.2, 0) is 6.42 Å². The first kappa shape index (κ1) is 25.7. The third kappa shape index (κ3) is 5.64. The molecule has 5 rings (SSSR count). The van der Waals surface area contributed by atoms with Crippen molar-refractivity contribution in [2.45, 2.75) is 46.5 Å². The molecule has 0 spiro atoms. The van der Waals surface area contributed by atoms with E-state index >= 15 is 0 Å². The Labute approximate surface area is 224 Å². The fraction of sp³-hybridized carbons (Fsp3) is 0.400. The van der Waals surface area contributed by atoms with Crippen molar-refractivity contribution in [3.05, 3.63) is 77.2 Å². The number of benzene rings is 2. The van der Waals surface area contributed by atoms with Crippen molar-refractivity contribution in [1.29, 1.82) is 0 Å². The van der Waals surface area contributed by atoms with Gasteiger partial charge in [0.25, 0.3) is 0 Å². The Kier molecular flexibility index (Phi) is 7.86. The summed E-state index contributed by atoms with van der Waals surface area (Å²) in [4.78, 5) is 27.1. The Bertz CT molecular complexity index is 1380. The van der Waals surface area contributed by atoms with E-state index in [9.17, 15) is 4.79 Å². The molecule has 0 bridgehead atoms. The average Bonchev–Trinajstić information content (AvgIpc) is 3.09. The molecule has 4 aromatic rings. The molecule has 2 aromatic carbocycles. The Hall–Kier alpha value is -3.94. The largest absolute Gasteiger partial charge is 0.354 e. The molecule has 8 nitrogen and oxygen atoms in total. The van der Waals surface area contributed by atoms with Gasteiger partial charge in [-0.1, -0.05) is 61.4 Å². The molecular weight excluding hydrogens is 474 g/mol. The Morgan fingerprint density at radius 1 is 0.947 bits per heavy atom. The van der Waals surface area contributed by atoms with Gasteiger partial charge in [0.2, 0.25) is 0 Å². The van der Waals surface area contributed by atoms with E-state index in [1.165, 1.54) is 11.1 Å². The summed E-state index contributed by atoms with van der Waals surface area (Å²) in [5.41, 5.74) is 5.10. The Morgan fingerprint density at radius 3 is 2.50 bits per heavy atom. The molecule has 0 radical (unpaired) electrons. The van der Waals surface area contributed by atoms with Crippen LogP contribution in [0.1, 0.15) is 48.8 Å². The second-order valence-electron chi connectivity index (χ2n) is 10.1. The summed E-state index contributed by atoms with van der Waals surface area (Å²) >= 11 is 0. The smallest absolute Gasteiger partial charge is 0.317 e. The fourth-order valence-electron chi connectivity index (χ4n) is 4.97. The monoisotopic (exact) mass is 511 g/mol. The highest BCUT2D eigenvalue weighted by atomic mass is 16.2. The van der Waals surface area contributed by atoms with Crippen LogP contribution in [0.3, 0.4) is 0 Å². The lowest BCUT2D eigenvalue weighted by atomic mass is 10.1. The maximum absolute atomic E-state index is 12.7. The second kappa shape index (κ2) is 11.6. The number of anilines is 1. The predicted octanol–water partition coefficient (Wildman–Crippen LogP) is 5.04. The van der Waals surface area contributed by atoms with E-state index in [-0.39, 0.29) is 6.03 Å². The topological polar surface area (TPSA) is 79.2 Å². The van der Waals surface area contributed by atoms with Crippen LogP contribution in [0.4, 0.5) is 10.6 Å². The zero-order valence-electron chi connectivity index (χ0n) is 22.7. The number of unbranched alkanes of at least 4 members (excludes halogenated alkanes) is 1. The van der Waals surface area contributed by atoms with Gasteiger partial charge in [-0.15, -0.1) is 0 Å². The molecule has 2 aromatic heterocycles. The molecule has 38 heavy (non-hydrogen) atoms. The van der Waals surface area contributed by atoms with Crippen molar-refractivity contribution in [2.75, 3.05) is 37.6 Å². The Morgan fingerprint density at radius 2 is 1.74 bits per heavy atom. The minimum absolute atomic E-state index is 0.0290. The first-order valence-electron chi connectivity index (χ1n) is 13.7. The summed E-state index contributed by atoms with van der Waals surface area (Å²) in [6.07, 6.45) is 3.59. The van der Waals surface area contributed by atoms with E-state index < -0.39 is 0 Å². The number of aryl methyl sites for hydroxylation is 2. The highest BCUT2D eigenvalue weighted by Gasteiger charge is 2.25. The number of hydrogen-bond acceptors (Lipinski definition) is 5. The molecule has 1 saturated heterocycles. The highest BCUT2D eigenvalue weighted by Crippen LogP contribution is 2.30. The van der Waals surface area contributed by atoms with Gasteiger partial charge < -0.3 is 15.1 Å². The van der Waals surface area contributed by atoms with Crippen LogP contribution in [0.5, 0.6) is 0 Å². The van der Waals surface area contributed by atoms with E-state index in [2.05, 4.69) is 48.3 Å². The standard InChI is InChI=1S/C30H37N7O/c1-4-5-16-31-30(38)36-18-9-17-35(19-20-36)28-27-23(3)34-37(25-10-7-6-8-11-25)29(27)33-26(32-28)21-24-14-12-22(2)13-15-24/h6-8,10-15H,4-5,9,16-21H2,1-3H3,(H,31,38). The van der Waals surface area contributed by atoms with Gasteiger partial charge in [0.05, 0.1) is 16.8 Å². The third-order valence-corrected chi connectivity index (χ3v) is 7.10. The van der Waals surface area contributed by atoms with Crippen molar-refractivity contribution in [1.82, 2.24) is 30.0 Å². The van der Waals surface area contributed by atoms with Crippen LogP contribution in [-0.4, -0.2) is 63.4 Å². The third-order valence-electron chi connectivity index (χ3n) is 7.10. The van der Waals surface area contributed by atoms with E-state index in [0.29, 0.717) is 19.5 Å². The molecule has 0 unspecified atom stereocenters. The van der Waals surface area contributed by atoms with Crippen LogP contribution >= 0.6 is 0 Å². The van der Waals surface area contributed by atoms with Gasteiger partial charge >= 0.3 is 6.03 Å². The maximum Gasteiger partial charge on any atom is 0.317 e. The molecule has 1 fully saturated rings. The minimum Gasteiger partial charge on any atom is -0.354 e. The predicted molar refractivity (Wildman–Crippen MR) is 152 cm³/mol. The molecular formula is C30H37N7O. The number of urea groups is 1. The van der Waals surface area contributed by atoms with Gasteiger partial charge in [0.1, 0.15) is 11.6 Å². The number of nitrogens with zero attached hydrogens (tertiary/aromatic N) is 6. The number of aromatic nitrogens is 4. The van der Waals surface area contributed by atoms with Crippen molar-refractivity contribution in [2.24, 2.45) is 0 Å². The number of nitrogens with one attached hydrogen (secondary N) is 1. The first-order chi connectivity index (χ1) is 18.5. The first-order valence-corrected chi connectivity index (χ1v) is 13.7. The molecule has 0 saturated carbocycles. The van der Waals surface area contributed by atoms with Crippen LogP contribution < -0.4 is 10.2 Å². The quantitative estimate of drug-likeness (QED) is 0.352. The van der Waals surface area contributed by atoms with Gasteiger partial charge in [-0.25, -0.2) is 19.4 Å². The number of hydrogen-bond donors (Lipinski definition) is 1. The summed E-state index contributed by atoms with van der Waals surface area (Å²) in [6.45, 7) is 9.91. The minimum atomic E-state index is 0.0290. The SMILES string of the molecule is CCCCNC(=O)N1CCCN(c2nc(Cc3ccc(C)cc3)nc3c2c(C)nn3-c2ccccc2)CC1. The molecule has 0 aliphatic carbocycles. The van der Waals surface area contributed by atoms with Gasteiger partial charge in [-0.05, 0) is 44.4 Å². The van der Waals surface area contributed by atoms with Crippen LogP contribution in [0.15, 0.2) is 54.6 Å². The number of amides is 2. The normalized spacial score (nSPS) is 14.1. The molecule has 0 atom stereocenters. The summed E-state index contributed by atoms with van der Waals surface area (Å²) < 4.78 is 1.93. The number of fused-ring (bicyclic) bond motifs is 1.